The average Bonchev–Trinajstić information content (AvgIpc) is 2.69. The minimum Gasteiger partial charge on any atom is -0.443 e. The third-order valence-corrected chi connectivity index (χ3v) is 3.69. The number of ether oxygens (including phenoxy) is 1. The topological polar surface area (TPSA) is 77.4 Å². The van der Waals surface area contributed by atoms with Crippen LogP contribution in [0.2, 0.25) is 0 Å². The zero-order valence-electron chi connectivity index (χ0n) is 11.5. The largest absolute Gasteiger partial charge is 0.443 e. The average molecular weight is 296 g/mol. The molecule has 0 atom stereocenters. The SMILES string of the molecule is CC(C)(C)OC(=O)NS(=O)(=O)n1ccc2ccccc21. The van der Waals surface area contributed by atoms with E-state index in [4.69, 9.17) is 4.74 Å². The fraction of sp³-hybridized carbons (Fsp3) is 0.308. The summed E-state index contributed by atoms with van der Waals surface area (Å²) in [6.07, 6.45) is 0.382. The lowest BCUT2D eigenvalue weighted by atomic mass is 10.2. The van der Waals surface area contributed by atoms with Crippen LogP contribution in [-0.2, 0) is 14.9 Å². The standard InChI is InChI=1S/C13H16N2O4S/c1-13(2,3)19-12(16)14-20(17,18)15-9-8-10-6-4-5-7-11(10)15/h4-9H,1-3H3,(H,14,16). The lowest BCUT2D eigenvalue weighted by molar-refractivity contribution is 0.0570. The fourth-order valence-corrected chi connectivity index (χ4v) is 2.72. The lowest BCUT2D eigenvalue weighted by Gasteiger charge is -2.19. The van der Waals surface area contributed by atoms with Crippen LogP contribution >= 0.6 is 0 Å². The summed E-state index contributed by atoms with van der Waals surface area (Å²) in [4.78, 5) is 11.6. The molecule has 2 aromatic rings. The van der Waals surface area contributed by atoms with Crippen LogP contribution in [0.4, 0.5) is 4.79 Å². The minimum atomic E-state index is -4.02. The number of amides is 1. The molecule has 1 N–H and O–H groups in total. The molecular weight excluding hydrogens is 280 g/mol. The van der Waals surface area contributed by atoms with E-state index in [2.05, 4.69) is 0 Å². The van der Waals surface area contributed by atoms with Crippen molar-refractivity contribution in [1.82, 2.24) is 8.69 Å². The molecule has 1 aromatic heterocycles. The van der Waals surface area contributed by atoms with Crippen molar-refractivity contribution in [1.29, 1.82) is 0 Å². The van der Waals surface area contributed by atoms with Crippen molar-refractivity contribution < 1.29 is 17.9 Å². The maximum Gasteiger partial charge on any atom is 0.422 e. The maximum absolute atomic E-state index is 12.2. The highest BCUT2D eigenvalue weighted by Crippen LogP contribution is 2.17. The van der Waals surface area contributed by atoms with E-state index in [1.165, 1.54) is 6.20 Å². The third-order valence-electron chi connectivity index (χ3n) is 2.43. The molecule has 0 bridgehead atoms. The molecular formula is C13H16N2O4S. The van der Waals surface area contributed by atoms with Crippen LogP contribution in [0.25, 0.3) is 10.9 Å². The lowest BCUT2D eigenvalue weighted by Crippen LogP contribution is -2.38. The van der Waals surface area contributed by atoms with Gasteiger partial charge in [0.25, 0.3) is 0 Å². The second kappa shape index (κ2) is 4.82. The normalized spacial score (nSPS) is 12.3. The molecule has 20 heavy (non-hydrogen) atoms. The summed E-state index contributed by atoms with van der Waals surface area (Å²) in [6, 6.07) is 8.63. The molecule has 1 heterocycles. The van der Waals surface area contributed by atoms with Crippen LogP contribution in [0.5, 0.6) is 0 Å². The summed E-state index contributed by atoms with van der Waals surface area (Å²) in [7, 11) is -4.02. The van der Waals surface area contributed by atoms with Gasteiger partial charge in [0.1, 0.15) is 5.60 Å². The zero-order chi connectivity index (χ0) is 15.0. The number of hydrogen-bond acceptors (Lipinski definition) is 4. The number of carbonyl (C=O) groups is 1. The molecule has 108 valence electrons. The quantitative estimate of drug-likeness (QED) is 0.922. The highest BCUT2D eigenvalue weighted by atomic mass is 32.2. The third kappa shape index (κ3) is 3.11. The molecule has 0 fully saturated rings. The van der Waals surface area contributed by atoms with Gasteiger partial charge in [0.15, 0.2) is 0 Å². The number of para-hydroxylation sites is 1. The monoisotopic (exact) mass is 296 g/mol. The van der Waals surface area contributed by atoms with Crippen LogP contribution in [-0.4, -0.2) is 24.1 Å². The summed E-state index contributed by atoms with van der Waals surface area (Å²) >= 11 is 0. The van der Waals surface area contributed by atoms with Gasteiger partial charge in [-0.3, -0.25) is 0 Å². The van der Waals surface area contributed by atoms with Gasteiger partial charge in [-0.25, -0.2) is 13.5 Å². The maximum atomic E-state index is 12.2. The van der Waals surface area contributed by atoms with E-state index in [1.807, 2.05) is 4.72 Å². The Kier molecular flexibility index (Phi) is 3.47. The summed E-state index contributed by atoms with van der Waals surface area (Å²) in [5.74, 6) is 0. The molecule has 0 spiro atoms. The van der Waals surface area contributed by atoms with Crippen molar-refractivity contribution in [2.45, 2.75) is 26.4 Å². The van der Waals surface area contributed by atoms with Crippen molar-refractivity contribution in [2.24, 2.45) is 0 Å². The number of rotatable bonds is 2. The molecule has 0 aliphatic carbocycles. The zero-order valence-corrected chi connectivity index (χ0v) is 12.3. The highest BCUT2D eigenvalue weighted by molar-refractivity contribution is 7.88. The van der Waals surface area contributed by atoms with E-state index in [1.54, 1.807) is 51.1 Å². The Hall–Kier alpha value is -2.02. The van der Waals surface area contributed by atoms with Crippen molar-refractivity contribution in [2.75, 3.05) is 0 Å². The van der Waals surface area contributed by atoms with Gasteiger partial charge in [-0.05, 0) is 32.9 Å². The first-order valence-corrected chi connectivity index (χ1v) is 7.45. The Morgan fingerprint density at radius 1 is 1.20 bits per heavy atom. The van der Waals surface area contributed by atoms with Gasteiger partial charge in [-0.1, -0.05) is 18.2 Å². The van der Waals surface area contributed by atoms with Crippen molar-refractivity contribution in [3.63, 3.8) is 0 Å². The molecule has 0 aliphatic rings. The van der Waals surface area contributed by atoms with Crippen LogP contribution in [0.1, 0.15) is 20.8 Å². The van der Waals surface area contributed by atoms with Gasteiger partial charge in [-0.15, -0.1) is 0 Å². The molecule has 0 saturated carbocycles. The van der Waals surface area contributed by atoms with Gasteiger partial charge < -0.3 is 4.74 Å². The van der Waals surface area contributed by atoms with Gasteiger partial charge in [0.2, 0.25) is 0 Å². The Labute approximate surface area is 117 Å². The number of benzene rings is 1. The van der Waals surface area contributed by atoms with E-state index >= 15 is 0 Å². The minimum absolute atomic E-state index is 0.489. The first-order valence-electron chi connectivity index (χ1n) is 6.01. The Morgan fingerprint density at radius 3 is 2.50 bits per heavy atom. The van der Waals surface area contributed by atoms with Gasteiger partial charge in [0.05, 0.1) is 5.52 Å². The van der Waals surface area contributed by atoms with E-state index < -0.39 is 21.9 Å². The number of hydrogen-bond donors (Lipinski definition) is 1. The van der Waals surface area contributed by atoms with Gasteiger partial charge in [-0.2, -0.15) is 8.42 Å². The molecule has 1 amide bonds. The summed E-state index contributed by atoms with van der Waals surface area (Å²) in [6.45, 7) is 4.97. The van der Waals surface area contributed by atoms with E-state index in [0.717, 1.165) is 9.36 Å². The smallest absolute Gasteiger partial charge is 0.422 e. The van der Waals surface area contributed by atoms with Crippen LogP contribution in [0.3, 0.4) is 0 Å². The van der Waals surface area contributed by atoms with E-state index in [9.17, 15) is 13.2 Å². The molecule has 7 heteroatoms. The first kappa shape index (κ1) is 14.4. The second-order valence-corrected chi connectivity index (χ2v) is 6.83. The molecule has 1 aromatic carbocycles. The van der Waals surface area contributed by atoms with Gasteiger partial charge >= 0.3 is 16.3 Å². The van der Waals surface area contributed by atoms with E-state index in [-0.39, 0.29) is 0 Å². The van der Waals surface area contributed by atoms with Crippen LogP contribution in [0, 0.1) is 0 Å². The Balaban J connectivity index is 2.29. The molecule has 6 nitrogen and oxygen atoms in total. The number of aromatic nitrogens is 1. The summed E-state index contributed by atoms with van der Waals surface area (Å²) < 4.78 is 32.1. The molecule has 0 radical (unpaired) electrons. The highest BCUT2D eigenvalue weighted by Gasteiger charge is 2.23. The Bertz CT molecular complexity index is 741. The number of fused-ring (bicyclic) bond motifs is 1. The van der Waals surface area contributed by atoms with Crippen LogP contribution < -0.4 is 4.72 Å². The number of nitrogens with zero attached hydrogens (tertiary/aromatic N) is 1. The number of nitrogens with one attached hydrogen (secondary N) is 1. The Morgan fingerprint density at radius 2 is 1.85 bits per heavy atom. The second-order valence-electron chi connectivity index (χ2n) is 5.28. The fourth-order valence-electron chi connectivity index (χ4n) is 1.72. The molecule has 0 unspecified atom stereocenters. The molecule has 0 aliphatic heterocycles. The van der Waals surface area contributed by atoms with E-state index in [0.29, 0.717) is 5.52 Å². The van der Waals surface area contributed by atoms with Crippen LogP contribution in [0.15, 0.2) is 36.5 Å². The predicted molar refractivity (Wildman–Crippen MR) is 75.6 cm³/mol. The van der Waals surface area contributed by atoms with Crippen molar-refractivity contribution in [3.8, 4) is 0 Å². The number of carbonyl (C=O) groups excluding carboxylic acids is 1. The summed E-state index contributed by atoms with van der Waals surface area (Å²) in [5, 5.41) is 0.766. The van der Waals surface area contributed by atoms with Crippen molar-refractivity contribution >= 4 is 27.2 Å². The predicted octanol–water partition coefficient (Wildman–Crippen LogP) is 2.26. The van der Waals surface area contributed by atoms with Crippen molar-refractivity contribution in [3.05, 3.63) is 36.5 Å². The molecule has 2 rings (SSSR count). The van der Waals surface area contributed by atoms with Gasteiger partial charge in [0, 0.05) is 11.6 Å². The summed E-state index contributed by atoms with van der Waals surface area (Å²) in [5.41, 5.74) is -0.276. The molecule has 0 saturated heterocycles. The first-order chi connectivity index (χ1) is 9.19.